The molecule has 0 aliphatic rings. The lowest BCUT2D eigenvalue weighted by atomic mass is 10.2. The Morgan fingerprint density at radius 1 is 1.17 bits per heavy atom. The van der Waals surface area contributed by atoms with E-state index in [2.05, 4.69) is 26.1 Å². The standard InChI is InChI=1S/C15H13BrCl2N4O/c16-12-5-9(7-21-22-15(19)20)1-4-14(12)23-8-10-2-3-11(17)6-13(10)18/h1-7H,8H2,(H4,19,20,22)/b21-7-. The van der Waals surface area contributed by atoms with Gasteiger partial charge in [0.05, 0.1) is 10.7 Å². The van der Waals surface area contributed by atoms with Crippen molar-refractivity contribution in [1.29, 1.82) is 0 Å². The number of hydrogen-bond donors (Lipinski definition) is 2. The number of halogens is 3. The van der Waals surface area contributed by atoms with Crippen molar-refractivity contribution in [3.63, 3.8) is 0 Å². The summed E-state index contributed by atoms with van der Waals surface area (Å²) in [6, 6.07) is 10.8. The van der Waals surface area contributed by atoms with Crippen molar-refractivity contribution < 1.29 is 4.74 Å². The van der Waals surface area contributed by atoms with Crippen LogP contribution in [0, 0.1) is 0 Å². The summed E-state index contributed by atoms with van der Waals surface area (Å²) in [5.41, 5.74) is 12.1. The van der Waals surface area contributed by atoms with E-state index >= 15 is 0 Å². The predicted octanol–water partition coefficient (Wildman–Crippen LogP) is 3.94. The van der Waals surface area contributed by atoms with Crippen LogP contribution in [-0.4, -0.2) is 12.2 Å². The first kappa shape index (κ1) is 17.6. The third-order valence-corrected chi connectivity index (χ3v) is 3.94. The van der Waals surface area contributed by atoms with Crippen molar-refractivity contribution in [3.05, 3.63) is 62.0 Å². The lowest BCUT2D eigenvalue weighted by Crippen LogP contribution is -2.21. The summed E-state index contributed by atoms with van der Waals surface area (Å²) < 4.78 is 6.53. The van der Waals surface area contributed by atoms with Crippen LogP contribution in [0.25, 0.3) is 0 Å². The number of nitrogens with two attached hydrogens (primary N) is 2. The minimum absolute atomic E-state index is 0.0971. The topological polar surface area (TPSA) is 86.0 Å². The van der Waals surface area contributed by atoms with Crippen molar-refractivity contribution in [1.82, 2.24) is 0 Å². The molecule has 0 saturated heterocycles. The van der Waals surface area contributed by atoms with Crippen molar-refractivity contribution in [2.24, 2.45) is 21.7 Å². The average Bonchev–Trinajstić information content (AvgIpc) is 2.47. The molecule has 0 fully saturated rings. The van der Waals surface area contributed by atoms with E-state index in [9.17, 15) is 0 Å². The van der Waals surface area contributed by atoms with Gasteiger partial charge in [0.1, 0.15) is 12.4 Å². The van der Waals surface area contributed by atoms with Crippen LogP contribution in [0.4, 0.5) is 0 Å². The first-order valence-electron chi connectivity index (χ1n) is 6.44. The van der Waals surface area contributed by atoms with Gasteiger partial charge in [0, 0.05) is 15.6 Å². The van der Waals surface area contributed by atoms with E-state index in [-0.39, 0.29) is 5.96 Å². The highest BCUT2D eigenvalue weighted by Gasteiger charge is 2.05. The van der Waals surface area contributed by atoms with Gasteiger partial charge in [-0.1, -0.05) is 29.3 Å². The largest absolute Gasteiger partial charge is 0.488 e. The van der Waals surface area contributed by atoms with Crippen LogP contribution in [0.1, 0.15) is 11.1 Å². The first-order chi connectivity index (χ1) is 11.0. The fraction of sp³-hybridized carbons (Fsp3) is 0.0667. The Morgan fingerprint density at radius 3 is 2.61 bits per heavy atom. The van der Waals surface area contributed by atoms with E-state index in [1.807, 2.05) is 24.3 Å². The van der Waals surface area contributed by atoms with E-state index in [1.54, 1.807) is 12.1 Å². The fourth-order valence-electron chi connectivity index (χ4n) is 1.67. The molecule has 120 valence electrons. The van der Waals surface area contributed by atoms with Gasteiger partial charge < -0.3 is 16.2 Å². The maximum atomic E-state index is 6.12. The molecule has 0 atom stereocenters. The SMILES string of the molecule is NC(N)=N/N=C\c1ccc(OCc2ccc(Cl)cc2Cl)c(Br)c1. The second-order valence-corrected chi connectivity index (χ2v) is 6.18. The maximum Gasteiger partial charge on any atom is 0.211 e. The number of ether oxygens (including phenoxy) is 1. The van der Waals surface area contributed by atoms with Gasteiger partial charge in [0.2, 0.25) is 5.96 Å². The van der Waals surface area contributed by atoms with Gasteiger partial charge in [0.25, 0.3) is 0 Å². The van der Waals surface area contributed by atoms with Gasteiger partial charge in [-0.25, -0.2) is 0 Å². The van der Waals surface area contributed by atoms with Crippen LogP contribution in [0.5, 0.6) is 5.75 Å². The Hall–Kier alpha value is -1.76. The molecule has 8 heteroatoms. The highest BCUT2D eigenvalue weighted by Crippen LogP contribution is 2.28. The number of guanidine groups is 1. The zero-order valence-corrected chi connectivity index (χ0v) is 14.9. The summed E-state index contributed by atoms with van der Waals surface area (Å²) in [4.78, 5) is 0. The molecule has 0 aliphatic carbocycles. The predicted molar refractivity (Wildman–Crippen MR) is 98.3 cm³/mol. The van der Waals surface area contributed by atoms with Crippen molar-refractivity contribution in [2.45, 2.75) is 6.61 Å². The average molecular weight is 416 g/mol. The smallest absolute Gasteiger partial charge is 0.211 e. The summed E-state index contributed by atoms with van der Waals surface area (Å²) in [6.07, 6.45) is 1.53. The van der Waals surface area contributed by atoms with Gasteiger partial charge in [-0.3, -0.25) is 0 Å². The fourth-order valence-corrected chi connectivity index (χ4v) is 2.64. The van der Waals surface area contributed by atoms with E-state index in [0.717, 1.165) is 15.6 Å². The number of hydrogen-bond acceptors (Lipinski definition) is 3. The molecule has 5 nitrogen and oxygen atoms in total. The van der Waals surface area contributed by atoms with Gasteiger partial charge in [0.15, 0.2) is 0 Å². The van der Waals surface area contributed by atoms with Gasteiger partial charge >= 0.3 is 0 Å². The van der Waals surface area contributed by atoms with Crippen molar-refractivity contribution in [3.8, 4) is 5.75 Å². The highest BCUT2D eigenvalue weighted by atomic mass is 79.9. The lowest BCUT2D eigenvalue weighted by molar-refractivity contribution is 0.304. The van der Waals surface area contributed by atoms with Crippen LogP contribution >= 0.6 is 39.1 Å². The Labute approximate surface area is 152 Å². The molecule has 0 aromatic heterocycles. The molecule has 2 aromatic carbocycles. The van der Waals surface area contributed by atoms with Gasteiger partial charge in [-0.2, -0.15) is 5.10 Å². The first-order valence-corrected chi connectivity index (χ1v) is 7.99. The summed E-state index contributed by atoms with van der Waals surface area (Å²) >= 11 is 15.4. The second kappa shape index (κ2) is 8.19. The van der Waals surface area contributed by atoms with Crippen LogP contribution in [0.15, 0.2) is 51.1 Å². The normalized spacial score (nSPS) is 10.7. The molecule has 0 bridgehead atoms. The van der Waals surface area contributed by atoms with Gasteiger partial charge in [-0.15, -0.1) is 5.10 Å². The van der Waals surface area contributed by atoms with Crippen LogP contribution < -0.4 is 16.2 Å². The number of nitrogens with zero attached hydrogens (tertiary/aromatic N) is 2. The quantitative estimate of drug-likeness (QED) is 0.440. The molecule has 4 N–H and O–H groups in total. The molecule has 0 amide bonds. The van der Waals surface area contributed by atoms with Crippen LogP contribution in [0.3, 0.4) is 0 Å². The molecule has 2 rings (SSSR count). The molecular weight excluding hydrogens is 403 g/mol. The molecular formula is C15H13BrCl2N4O. The summed E-state index contributed by atoms with van der Waals surface area (Å²) in [5.74, 6) is 0.579. The second-order valence-electron chi connectivity index (χ2n) is 4.48. The Balaban J connectivity index is 2.06. The Bertz CT molecular complexity index is 761. The van der Waals surface area contributed by atoms with Crippen LogP contribution in [-0.2, 0) is 6.61 Å². The zero-order valence-electron chi connectivity index (χ0n) is 11.8. The third kappa shape index (κ3) is 5.42. The van der Waals surface area contributed by atoms with E-state index in [1.165, 1.54) is 6.21 Å². The molecule has 0 saturated carbocycles. The zero-order chi connectivity index (χ0) is 16.8. The highest BCUT2D eigenvalue weighted by molar-refractivity contribution is 9.10. The van der Waals surface area contributed by atoms with Crippen molar-refractivity contribution >= 4 is 51.3 Å². The molecule has 0 unspecified atom stereocenters. The monoisotopic (exact) mass is 414 g/mol. The summed E-state index contributed by atoms with van der Waals surface area (Å²) in [6.45, 7) is 0.329. The number of rotatable bonds is 5. The molecule has 0 radical (unpaired) electrons. The minimum atomic E-state index is -0.0971. The van der Waals surface area contributed by atoms with Gasteiger partial charge in [-0.05, 0) is 51.8 Å². The molecule has 0 aliphatic heterocycles. The minimum Gasteiger partial charge on any atom is -0.488 e. The summed E-state index contributed by atoms with van der Waals surface area (Å²) in [5, 5.41) is 8.43. The molecule has 0 spiro atoms. The van der Waals surface area contributed by atoms with E-state index in [4.69, 9.17) is 39.4 Å². The molecule has 23 heavy (non-hydrogen) atoms. The van der Waals surface area contributed by atoms with Crippen molar-refractivity contribution in [2.75, 3.05) is 0 Å². The Kier molecular flexibility index (Phi) is 6.27. The Morgan fingerprint density at radius 2 is 1.96 bits per heavy atom. The third-order valence-electron chi connectivity index (χ3n) is 2.73. The summed E-state index contributed by atoms with van der Waals surface area (Å²) in [7, 11) is 0. The number of benzene rings is 2. The van der Waals surface area contributed by atoms with Crippen LogP contribution in [0.2, 0.25) is 10.0 Å². The van der Waals surface area contributed by atoms with E-state index < -0.39 is 0 Å². The molecule has 0 heterocycles. The molecule has 2 aromatic rings. The maximum absolute atomic E-state index is 6.12. The lowest BCUT2D eigenvalue weighted by Gasteiger charge is -2.10. The van der Waals surface area contributed by atoms with E-state index in [0.29, 0.717) is 22.4 Å².